The van der Waals surface area contributed by atoms with Gasteiger partial charge >= 0.3 is 5.97 Å². The monoisotopic (exact) mass is 344 g/mol. The molecule has 0 saturated heterocycles. The predicted octanol–water partition coefficient (Wildman–Crippen LogP) is 2.95. The van der Waals surface area contributed by atoms with Crippen LogP contribution in [0.3, 0.4) is 0 Å². The van der Waals surface area contributed by atoms with Crippen molar-refractivity contribution in [3.05, 3.63) is 34.7 Å². The second kappa shape index (κ2) is 8.15. The molecular formula is C17H20N4O4. The highest BCUT2D eigenvalue weighted by Crippen LogP contribution is 2.19. The molecule has 0 radical (unpaired) electrons. The number of hydrogen-bond donors (Lipinski definition) is 2. The SMILES string of the molecule is CCCCc1nc(NC(=O)c2cc(C#N)oc2C)c(C(=O)OCC)[nH]1. The molecule has 8 nitrogen and oxygen atoms in total. The molecule has 0 aromatic carbocycles. The van der Waals surface area contributed by atoms with Gasteiger partial charge in [0.1, 0.15) is 17.7 Å². The largest absolute Gasteiger partial charge is 0.461 e. The molecule has 0 aliphatic rings. The van der Waals surface area contributed by atoms with Crippen molar-refractivity contribution < 1.29 is 18.7 Å². The van der Waals surface area contributed by atoms with Crippen molar-refractivity contribution in [2.75, 3.05) is 11.9 Å². The molecule has 0 aliphatic heterocycles. The number of imidazole rings is 1. The van der Waals surface area contributed by atoms with Crippen LogP contribution < -0.4 is 5.32 Å². The molecule has 8 heteroatoms. The number of aromatic nitrogens is 2. The molecular weight excluding hydrogens is 324 g/mol. The Kier molecular flexibility index (Phi) is 5.95. The highest BCUT2D eigenvalue weighted by molar-refractivity contribution is 6.07. The van der Waals surface area contributed by atoms with Crippen LogP contribution in [-0.2, 0) is 11.2 Å². The van der Waals surface area contributed by atoms with E-state index in [-0.39, 0.29) is 29.4 Å². The second-order valence-corrected chi connectivity index (χ2v) is 5.38. The summed E-state index contributed by atoms with van der Waals surface area (Å²) in [5.41, 5.74) is 0.312. The maximum Gasteiger partial charge on any atom is 0.358 e. The summed E-state index contributed by atoms with van der Waals surface area (Å²) in [5, 5.41) is 11.4. The molecule has 2 rings (SSSR count). The molecule has 2 N–H and O–H groups in total. The molecule has 1 amide bonds. The number of amides is 1. The van der Waals surface area contributed by atoms with E-state index in [9.17, 15) is 9.59 Å². The molecule has 2 aromatic heterocycles. The van der Waals surface area contributed by atoms with Crippen molar-refractivity contribution in [2.45, 2.75) is 40.0 Å². The fraction of sp³-hybridized carbons (Fsp3) is 0.412. The third-order valence-electron chi connectivity index (χ3n) is 3.50. The fourth-order valence-corrected chi connectivity index (χ4v) is 2.26. The van der Waals surface area contributed by atoms with Gasteiger partial charge in [0.25, 0.3) is 5.91 Å². The Morgan fingerprint density at radius 2 is 2.20 bits per heavy atom. The Morgan fingerprint density at radius 1 is 1.44 bits per heavy atom. The number of carbonyl (C=O) groups is 2. The van der Waals surface area contributed by atoms with Crippen molar-refractivity contribution >= 4 is 17.7 Å². The number of nitrogens with one attached hydrogen (secondary N) is 2. The van der Waals surface area contributed by atoms with Gasteiger partial charge in [0.2, 0.25) is 5.76 Å². The third kappa shape index (κ3) is 4.26. The van der Waals surface area contributed by atoms with E-state index < -0.39 is 11.9 Å². The van der Waals surface area contributed by atoms with Gasteiger partial charge in [0, 0.05) is 12.5 Å². The van der Waals surface area contributed by atoms with Crippen LogP contribution in [0.15, 0.2) is 10.5 Å². The molecule has 0 spiro atoms. The Labute approximate surface area is 145 Å². The summed E-state index contributed by atoms with van der Waals surface area (Å²) in [7, 11) is 0. The Morgan fingerprint density at radius 3 is 2.80 bits per heavy atom. The maximum absolute atomic E-state index is 12.4. The second-order valence-electron chi connectivity index (χ2n) is 5.38. The average Bonchev–Trinajstić information content (AvgIpc) is 3.16. The first kappa shape index (κ1) is 18.3. The van der Waals surface area contributed by atoms with E-state index in [1.807, 2.05) is 13.0 Å². The van der Waals surface area contributed by atoms with Gasteiger partial charge in [0.15, 0.2) is 11.5 Å². The number of hydrogen-bond acceptors (Lipinski definition) is 6. The number of aryl methyl sites for hydroxylation is 2. The van der Waals surface area contributed by atoms with Gasteiger partial charge in [0.05, 0.1) is 12.2 Å². The topological polar surface area (TPSA) is 121 Å². The van der Waals surface area contributed by atoms with E-state index in [0.717, 1.165) is 12.8 Å². The first-order valence-electron chi connectivity index (χ1n) is 8.08. The van der Waals surface area contributed by atoms with Gasteiger partial charge in [-0.3, -0.25) is 4.79 Å². The van der Waals surface area contributed by atoms with Gasteiger partial charge in [-0.1, -0.05) is 13.3 Å². The summed E-state index contributed by atoms with van der Waals surface area (Å²) in [5.74, 6) is -0.0422. The van der Waals surface area contributed by atoms with Gasteiger partial charge in [-0.2, -0.15) is 5.26 Å². The molecule has 0 atom stereocenters. The van der Waals surface area contributed by atoms with Gasteiger partial charge in [-0.25, -0.2) is 9.78 Å². The number of esters is 1. The standard InChI is InChI=1S/C17H20N4O4/c1-4-6-7-13-19-14(17(23)24-5-2)15(20-13)21-16(22)12-8-11(9-18)25-10(12)3/h8H,4-7H2,1-3H3,(H,19,20)(H,21,22). The van der Waals surface area contributed by atoms with Gasteiger partial charge in [-0.05, 0) is 20.3 Å². The molecule has 132 valence electrons. The van der Waals surface area contributed by atoms with Crippen LogP contribution in [0.25, 0.3) is 0 Å². The van der Waals surface area contributed by atoms with Crippen LogP contribution >= 0.6 is 0 Å². The zero-order valence-electron chi connectivity index (χ0n) is 14.4. The van der Waals surface area contributed by atoms with E-state index >= 15 is 0 Å². The minimum atomic E-state index is -0.588. The number of anilines is 1. The van der Waals surface area contributed by atoms with Crippen molar-refractivity contribution in [1.82, 2.24) is 9.97 Å². The van der Waals surface area contributed by atoms with E-state index in [2.05, 4.69) is 15.3 Å². The van der Waals surface area contributed by atoms with Crippen molar-refractivity contribution in [1.29, 1.82) is 5.26 Å². The third-order valence-corrected chi connectivity index (χ3v) is 3.50. The lowest BCUT2D eigenvalue weighted by Gasteiger charge is -2.04. The van der Waals surface area contributed by atoms with Gasteiger partial charge in [-0.15, -0.1) is 0 Å². The molecule has 2 aromatic rings. The Hall–Kier alpha value is -3.08. The first-order valence-corrected chi connectivity index (χ1v) is 8.08. The van der Waals surface area contributed by atoms with Crippen LogP contribution in [-0.4, -0.2) is 28.5 Å². The number of ether oxygens (including phenoxy) is 1. The zero-order valence-corrected chi connectivity index (χ0v) is 14.4. The van der Waals surface area contributed by atoms with E-state index in [1.54, 1.807) is 13.8 Å². The van der Waals surface area contributed by atoms with Crippen molar-refractivity contribution in [2.24, 2.45) is 0 Å². The zero-order chi connectivity index (χ0) is 18.4. The van der Waals surface area contributed by atoms with Crippen LogP contribution in [0.2, 0.25) is 0 Å². The molecule has 0 aliphatic carbocycles. The number of carbonyl (C=O) groups excluding carboxylic acids is 2. The average molecular weight is 344 g/mol. The highest BCUT2D eigenvalue weighted by Gasteiger charge is 2.22. The van der Waals surface area contributed by atoms with Crippen LogP contribution in [0.1, 0.15) is 64.9 Å². The van der Waals surface area contributed by atoms with E-state index in [1.165, 1.54) is 6.07 Å². The number of furan rings is 1. The van der Waals surface area contributed by atoms with Crippen molar-refractivity contribution in [3.63, 3.8) is 0 Å². The lowest BCUT2D eigenvalue weighted by atomic mass is 10.2. The number of nitriles is 1. The summed E-state index contributed by atoms with van der Waals surface area (Å²) < 4.78 is 10.2. The minimum absolute atomic E-state index is 0.0407. The lowest BCUT2D eigenvalue weighted by Crippen LogP contribution is -2.16. The first-order chi connectivity index (χ1) is 12.0. The molecule has 0 saturated carbocycles. The smallest absolute Gasteiger partial charge is 0.358 e. The van der Waals surface area contributed by atoms with E-state index in [0.29, 0.717) is 18.0 Å². The predicted molar refractivity (Wildman–Crippen MR) is 89.3 cm³/mol. The summed E-state index contributed by atoms with van der Waals surface area (Å²) in [6, 6.07) is 3.18. The number of rotatable bonds is 7. The van der Waals surface area contributed by atoms with Crippen molar-refractivity contribution in [3.8, 4) is 6.07 Å². The molecule has 25 heavy (non-hydrogen) atoms. The Bertz CT molecular complexity index is 813. The highest BCUT2D eigenvalue weighted by atomic mass is 16.5. The van der Waals surface area contributed by atoms with Crippen LogP contribution in [0, 0.1) is 18.3 Å². The number of nitrogens with zero attached hydrogens (tertiary/aromatic N) is 2. The number of aromatic amines is 1. The number of H-pyrrole nitrogens is 1. The van der Waals surface area contributed by atoms with Gasteiger partial charge < -0.3 is 19.5 Å². The summed E-state index contributed by atoms with van der Waals surface area (Å²) in [4.78, 5) is 31.7. The Balaban J connectivity index is 2.28. The van der Waals surface area contributed by atoms with E-state index in [4.69, 9.17) is 14.4 Å². The summed E-state index contributed by atoms with van der Waals surface area (Å²) >= 11 is 0. The molecule has 0 fully saturated rings. The molecule has 0 unspecified atom stereocenters. The minimum Gasteiger partial charge on any atom is -0.461 e. The summed E-state index contributed by atoms with van der Waals surface area (Å²) in [6.07, 6.45) is 2.53. The summed E-state index contributed by atoms with van der Waals surface area (Å²) in [6.45, 7) is 5.54. The quantitative estimate of drug-likeness (QED) is 0.745. The lowest BCUT2D eigenvalue weighted by molar-refractivity contribution is 0.0521. The molecule has 2 heterocycles. The number of unbranched alkanes of at least 4 members (excludes halogenated alkanes) is 1. The fourth-order valence-electron chi connectivity index (χ4n) is 2.26. The maximum atomic E-state index is 12.4. The van der Waals surface area contributed by atoms with Crippen LogP contribution in [0.4, 0.5) is 5.82 Å². The molecule has 0 bridgehead atoms. The normalized spacial score (nSPS) is 10.3. The van der Waals surface area contributed by atoms with Crippen LogP contribution in [0.5, 0.6) is 0 Å².